The van der Waals surface area contributed by atoms with E-state index < -0.39 is 12.4 Å². The summed E-state index contributed by atoms with van der Waals surface area (Å²) < 4.78 is 39.7. The number of hydrogen-bond acceptors (Lipinski definition) is 3. The lowest BCUT2D eigenvalue weighted by Crippen LogP contribution is -2.42. The lowest BCUT2D eigenvalue weighted by Gasteiger charge is -2.12. The number of aliphatic hydroxyl groups excluding tert-OH is 1. The zero-order valence-corrected chi connectivity index (χ0v) is 11.4. The summed E-state index contributed by atoms with van der Waals surface area (Å²) in [5, 5.41) is 13.8. The third-order valence-corrected chi connectivity index (χ3v) is 2.51. The van der Waals surface area contributed by atoms with Gasteiger partial charge in [-0.05, 0) is 31.0 Å². The van der Waals surface area contributed by atoms with E-state index in [2.05, 4.69) is 15.4 Å². The molecule has 0 saturated heterocycles. The van der Waals surface area contributed by atoms with Crippen LogP contribution in [-0.2, 0) is 6.42 Å². The van der Waals surface area contributed by atoms with E-state index in [9.17, 15) is 18.0 Å². The first-order valence-corrected chi connectivity index (χ1v) is 6.30. The number of benzene rings is 1. The average Bonchev–Trinajstić information content (AvgIpc) is 2.39. The molecule has 0 spiro atoms. The van der Waals surface area contributed by atoms with Crippen LogP contribution in [-0.4, -0.2) is 36.7 Å². The van der Waals surface area contributed by atoms with Gasteiger partial charge in [0.2, 0.25) is 0 Å². The molecule has 2 amide bonds. The molecule has 1 aromatic rings. The number of halogens is 3. The van der Waals surface area contributed by atoms with Gasteiger partial charge in [-0.25, -0.2) is 4.79 Å². The third-order valence-electron chi connectivity index (χ3n) is 2.51. The Morgan fingerprint density at radius 3 is 2.48 bits per heavy atom. The van der Waals surface area contributed by atoms with Crippen LogP contribution in [0.1, 0.15) is 12.5 Å². The summed E-state index contributed by atoms with van der Waals surface area (Å²) in [6.45, 7) is 1.82. The van der Waals surface area contributed by atoms with Crippen LogP contribution in [0.4, 0.5) is 18.0 Å². The van der Waals surface area contributed by atoms with Crippen molar-refractivity contribution in [2.24, 2.45) is 0 Å². The first kappa shape index (κ1) is 17.1. The minimum atomic E-state index is -4.70. The number of ether oxygens (including phenoxy) is 1. The van der Waals surface area contributed by atoms with E-state index in [-0.39, 0.29) is 18.4 Å². The lowest BCUT2D eigenvalue weighted by atomic mass is 10.1. The number of rotatable bonds is 6. The number of amides is 2. The smallest absolute Gasteiger partial charge is 0.406 e. The van der Waals surface area contributed by atoms with Gasteiger partial charge in [-0.3, -0.25) is 0 Å². The SMILES string of the molecule is CC(CO)NC(=O)NCCc1ccc(OC(F)(F)F)cc1. The highest BCUT2D eigenvalue weighted by molar-refractivity contribution is 5.74. The fourth-order valence-corrected chi connectivity index (χ4v) is 1.50. The monoisotopic (exact) mass is 306 g/mol. The van der Waals surface area contributed by atoms with Gasteiger partial charge in [-0.15, -0.1) is 13.2 Å². The number of carbonyl (C=O) groups excluding carboxylic acids is 1. The molecule has 0 fully saturated rings. The van der Waals surface area contributed by atoms with Crippen molar-refractivity contribution in [2.45, 2.75) is 25.7 Å². The van der Waals surface area contributed by atoms with Crippen LogP contribution in [0.5, 0.6) is 5.75 Å². The predicted molar refractivity (Wildman–Crippen MR) is 69.9 cm³/mol. The zero-order valence-electron chi connectivity index (χ0n) is 11.4. The van der Waals surface area contributed by atoms with E-state index in [4.69, 9.17) is 5.11 Å². The topological polar surface area (TPSA) is 70.6 Å². The molecule has 0 aromatic heterocycles. The molecule has 118 valence electrons. The Kier molecular flexibility index (Phi) is 6.29. The van der Waals surface area contributed by atoms with Gasteiger partial charge in [-0.2, -0.15) is 0 Å². The summed E-state index contributed by atoms with van der Waals surface area (Å²) in [5.41, 5.74) is 0.764. The normalized spacial score (nSPS) is 12.6. The maximum Gasteiger partial charge on any atom is 0.573 e. The highest BCUT2D eigenvalue weighted by atomic mass is 19.4. The van der Waals surface area contributed by atoms with Gasteiger partial charge >= 0.3 is 12.4 Å². The van der Waals surface area contributed by atoms with Gasteiger partial charge in [-0.1, -0.05) is 12.1 Å². The largest absolute Gasteiger partial charge is 0.573 e. The minimum Gasteiger partial charge on any atom is -0.406 e. The molecule has 0 radical (unpaired) electrons. The molecule has 1 aromatic carbocycles. The van der Waals surface area contributed by atoms with E-state index >= 15 is 0 Å². The van der Waals surface area contributed by atoms with Gasteiger partial charge < -0.3 is 20.5 Å². The lowest BCUT2D eigenvalue weighted by molar-refractivity contribution is -0.274. The minimum absolute atomic E-state index is 0.159. The number of nitrogens with one attached hydrogen (secondary N) is 2. The third kappa shape index (κ3) is 7.40. The molecule has 0 aliphatic carbocycles. The van der Waals surface area contributed by atoms with Gasteiger partial charge in [0, 0.05) is 6.54 Å². The van der Waals surface area contributed by atoms with Crippen LogP contribution >= 0.6 is 0 Å². The molecule has 1 unspecified atom stereocenters. The molecule has 0 aliphatic rings. The number of hydrogen-bond donors (Lipinski definition) is 3. The van der Waals surface area contributed by atoms with Gasteiger partial charge in [0.25, 0.3) is 0 Å². The second-order valence-electron chi connectivity index (χ2n) is 4.43. The predicted octanol–water partition coefficient (Wildman–Crippen LogP) is 1.81. The Morgan fingerprint density at radius 1 is 1.33 bits per heavy atom. The summed E-state index contributed by atoms with van der Waals surface area (Å²) in [5.74, 6) is -0.284. The van der Waals surface area contributed by atoms with Gasteiger partial charge in [0.15, 0.2) is 0 Å². The summed E-state index contributed by atoms with van der Waals surface area (Å²) >= 11 is 0. The quantitative estimate of drug-likeness (QED) is 0.750. The van der Waals surface area contributed by atoms with Crippen molar-refractivity contribution < 1.29 is 27.8 Å². The van der Waals surface area contributed by atoms with Gasteiger partial charge in [0.1, 0.15) is 5.75 Å². The molecular formula is C13H17F3N2O3. The molecule has 0 heterocycles. The molecule has 8 heteroatoms. The van der Waals surface area contributed by atoms with Gasteiger partial charge in [0.05, 0.1) is 12.6 Å². The van der Waals surface area contributed by atoms with E-state index in [0.29, 0.717) is 13.0 Å². The standard InChI is InChI=1S/C13H17F3N2O3/c1-9(8-19)18-12(20)17-7-6-10-2-4-11(5-3-10)21-13(14,15)16/h2-5,9,19H,6-8H2,1H3,(H2,17,18,20). The molecule has 0 bridgehead atoms. The van der Waals surface area contributed by atoms with Crippen molar-refractivity contribution in [1.82, 2.24) is 10.6 Å². The first-order valence-electron chi connectivity index (χ1n) is 6.30. The Hall–Kier alpha value is -1.96. The Balaban J connectivity index is 2.34. The number of carbonyl (C=O) groups is 1. The van der Waals surface area contributed by atoms with Crippen LogP contribution < -0.4 is 15.4 Å². The van der Waals surface area contributed by atoms with Crippen molar-refractivity contribution in [3.8, 4) is 5.75 Å². The second-order valence-corrected chi connectivity index (χ2v) is 4.43. The average molecular weight is 306 g/mol. The second kappa shape index (κ2) is 7.72. The van der Waals surface area contributed by atoms with Crippen LogP contribution in [0.2, 0.25) is 0 Å². The Labute approximate surface area is 120 Å². The van der Waals surface area contributed by atoms with Crippen LogP contribution in [0.3, 0.4) is 0 Å². The summed E-state index contributed by atoms with van der Waals surface area (Å²) in [7, 11) is 0. The van der Waals surface area contributed by atoms with E-state index in [1.54, 1.807) is 6.92 Å². The molecule has 1 atom stereocenters. The van der Waals surface area contributed by atoms with Crippen LogP contribution in [0.15, 0.2) is 24.3 Å². The fourth-order valence-electron chi connectivity index (χ4n) is 1.50. The highest BCUT2D eigenvalue weighted by Crippen LogP contribution is 2.22. The van der Waals surface area contributed by atoms with Crippen molar-refractivity contribution in [3.05, 3.63) is 29.8 Å². The molecule has 0 saturated carbocycles. The molecule has 3 N–H and O–H groups in total. The molecule has 1 rings (SSSR count). The Morgan fingerprint density at radius 2 is 1.95 bits per heavy atom. The molecule has 0 aliphatic heterocycles. The number of aliphatic hydroxyl groups is 1. The van der Waals surface area contributed by atoms with Crippen molar-refractivity contribution in [3.63, 3.8) is 0 Å². The maximum atomic E-state index is 12.0. The van der Waals surface area contributed by atoms with Crippen molar-refractivity contribution in [2.75, 3.05) is 13.2 Å². The fraction of sp³-hybridized carbons (Fsp3) is 0.462. The Bertz CT molecular complexity index is 449. The number of urea groups is 1. The molecule has 5 nitrogen and oxygen atoms in total. The van der Waals surface area contributed by atoms with E-state index in [0.717, 1.165) is 5.56 Å². The molecular weight excluding hydrogens is 289 g/mol. The highest BCUT2D eigenvalue weighted by Gasteiger charge is 2.30. The summed E-state index contributed by atoms with van der Waals surface area (Å²) in [6, 6.07) is 4.68. The molecule has 21 heavy (non-hydrogen) atoms. The summed E-state index contributed by atoms with van der Waals surface area (Å²) in [4.78, 5) is 11.3. The maximum absolute atomic E-state index is 12.0. The van der Waals surface area contributed by atoms with Crippen molar-refractivity contribution >= 4 is 6.03 Å². The first-order chi connectivity index (χ1) is 9.80. The van der Waals surface area contributed by atoms with E-state index in [1.807, 2.05) is 0 Å². The number of alkyl halides is 3. The van der Waals surface area contributed by atoms with E-state index in [1.165, 1.54) is 24.3 Å². The van der Waals surface area contributed by atoms with Crippen molar-refractivity contribution in [1.29, 1.82) is 0 Å². The zero-order chi connectivity index (χ0) is 15.9. The van der Waals surface area contributed by atoms with Crippen LogP contribution in [0.25, 0.3) is 0 Å². The summed E-state index contributed by atoms with van der Waals surface area (Å²) in [6.07, 6.45) is -4.24. The van der Waals surface area contributed by atoms with Crippen LogP contribution in [0, 0.1) is 0 Å².